The Balaban J connectivity index is 1.42. The normalized spacial score (nSPS) is 16.1. The summed E-state index contributed by atoms with van der Waals surface area (Å²) in [6, 6.07) is 20.9. The Labute approximate surface area is 237 Å². The van der Waals surface area contributed by atoms with Gasteiger partial charge in [0.2, 0.25) is 5.91 Å². The van der Waals surface area contributed by atoms with Crippen molar-refractivity contribution in [2.75, 3.05) is 7.11 Å². The van der Waals surface area contributed by atoms with E-state index in [2.05, 4.69) is 10.3 Å². The first-order valence-corrected chi connectivity index (χ1v) is 13.9. The van der Waals surface area contributed by atoms with Crippen LogP contribution in [0.1, 0.15) is 42.5 Å². The second kappa shape index (κ2) is 12.7. The standard InChI is InChI=1S/C31H30N4O4S/c1-3-26-28(30(37)38-2)29(23-12-7-13-25(15-23)39-19-21-9-5-4-6-10-21)35-24(20-40-31(35)34-26)16-27(36)33-18-22-11-8-14-32-17-22/h4-15,17,20,29H,3,16,18-19H2,1-2H3,(H,33,36). The van der Waals surface area contributed by atoms with Crippen molar-refractivity contribution in [1.82, 2.24) is 15.2 Å². The summed E-state index contributed by atoms with van der Waals surface area (Å²) in [5, 5.41) is 5.61. The van der Waals surface area contributed by atoms with Crippen molar-refractivity contribution in [3.63, 3.8) is 0 Å². The number of pyridine rings is 1. The first kappa shape index (κ1) is 27.2. The van der Waals surface area contributed by atoms with Gasteiger partial charge in [0.15, 0.2) is 5.17 Å². The molecule has 3 aromatic rings. The number of benzene rings is 2. The minimum absolute atomic E-state index is 0.128. The monoisotopic (exact) mass is 554 g/mol. The zero-order valence-corrected chi connectivity index (χ0v) is 23.2. The molecular formula is C31H30N4O4S. The van der Waals surface area contributed by atoms with Gasteiger partial charge in [0.25, 0.3) is 0 Å². The maximum atomic E-state index is 13.2. The highest BCUT2D eigenvalue weighted by atomic mass is 32.2. The van der Waals surface area contributed by atoms with Crippen LogP contribution in [-0.2, 0) is 27.5 Å². The van der Waals surface area contributed by atoms with Crippen LogP contribution in [0.5, 0.6) is 5.75 Å². The third-order valence-corrected chi connectivity index (χ3v) is 7.49. The highest BCUT2D eigenvalue weighted by molar-refractivity contribution is 8.16. The Morgan fingerprint density at radius 1 is 1.05 bits per heavy atom. The van der Waals surface area contributed by atoms with E-state index in [1.807, 2.05) is 84.0 Å². The molecule has 2 aliphatic heterocycles. The van der Waals surface area contributed by atoms with Gasteiger partial charge in [0.05, 0.1) is 30.8 Å². The zero-order valence-electron chi connectivity index (χ0n) is 22.4. The lowest BCUT2D eigenvalue weighted by Gasteiger charge is -2.36. The molecule has 0 saturated heterocycles. The summed E-state index contributed by atoms with van der Waals surface area (Å²) < 4.78 is 11.3. The van der Waals surface area contributed by atoms with Gasteiger partial charge in [-0.15, -0.1) is 0 Å². The van der Waals surface area contributed by atoms with Gasteiger partial charge in [0, 0.05) is 24.6 Å². The van der Waals surface area contributed by atoms with Crippen LogP contribution in [0.4, 0.5) is 0 Å². The number of aliphatic imine (C=N–C) groups is 1. The molecule has 0 bridgehead atoms. The number of rotatable bonds is 10. The predicted octanol–water partition coefficient (Wildman–Crippen LogP) is 5.51. The van der Waals surface area contributed by atoms with Crippen molar-refractivity contribution in [2.45, 2.75) is 39.0 Å². The summed E-state index contributed by atoms with van der Waals surface area (Å²) >= 11 is 1.45. The molecule has 1 unspecified atom stereocenters. The Morgan fingerprint density at radius 3 is 2.62 bits per heavy atom. The number of ether oxygens (including phenoxy) is 2. The molecule has 8 nitrogen and oxygen atoms in total. The van der Waals surface area contributed by atoms with Crippen LogP contribution in [0.3, 0.4) is 0 Å². The molecule has 0 saturated carbocycles. The molecule has 204 valence electrons. The fourth-order valence-corrected chi connectivity index (χ4v) is 5.61. The number of carbonyl (C=O) groups excluding carboxylic acids is 2. The minimum atomic E-state index is -0.525. The van der Waals surface area contributed by atoms with Crippen molar-refractivity contribution < 1.29 is 19.1 Å². The molecule has 2 aliphatic rings. The fraction of sp³-hybridized carbons (Fsp3) is 0.226. The van der Waals surface area contributed by atoms with Crippen molar-refractivity contribution in [2.24, 2.45) is 4.99 Å². The van der Waals surface area contributed by atoms with Crippen molar-refractivity contribution >= 4 is 28.8 Å². The summed E-state index contributed by atoms with van der Waals surface area (Å²) in [7, 11) is 1.37. The zero-order chi connectivity index (χ0) is 27.9. The summed E-state index contributed by atoms with van der Waals surface area (Å²) in [5.41, 5.74) is 4.69. The second-order valence-electron chi connectivity index (χ2n) is 9.26. The van der Waals surface area contributed by atoms with Crippen LogP contribution >= 0.6 is 11.8 Å². The Kier molecular flexibility index (Phi) is 8.61. The number of methoxy groups -OCH3 is 1. The maximum Gasteiger partial charge on any atom is 0.338 e. The van der Waals surface area contributed by atoms with E-state index >= 15 is 0 Å². The highest BCUT2D eigenvalue weighted by Crippen LogP contribution is 2.45. The minimum Gasteiger partial charge on any atom is -0.489 e. The molecule has 0 fully saturated rings. The molecule has 0 radical (unpaired) electrons. The number of hydrogen-bond acceptors (Lipinski definition) is 8. The predicted molar refractivity (Wildman–Crippen MR) is 155 cm³/mol. The lowest BCUT2D eigenvalue weighted by Crippen LogP contribution is -2.38. The Bertz CT molecular complexity index is 1470. The average molecular weight is 555 g/mol. The van der Waals surface area contributed by atoms with Gasteiger partial charge in [-0.1, -0.05) is 67.2 Å². The van der Waals surface area contributed by atoms with E-state index in [0.717, 1.165) is 27.6 Å². The first-order chi connectivity index (χ1) is 19.6. The number of esters is 1. The van der Waals surface area contributed by atoms with E-state index < -0.39 is 12.0 Å². The molecular weight excluding hydrogens is 524 g/mol. The molecule has 1 aromatic heterocycles. The van der Waals surface area contributed by atoms with E-state index in [9.17, 15) is 9.59 Å². The van der Waals surface area contributed by atoms with E-state index in [1.54, 1.807) is 12.4 Å². The van der Waals surface area contributed by atoms with Gasteiger partial charge in [-0.2, -0.15) is 0 Å². The van der Waals surface area contributed by atoms with Crippen LogP contribution < -0.4 is 10.1 Å². The van der Waals surface area contributed by atoms with Crippen molar-refractivity contribution in [3.05, 3.63) is 118 Å². The van der Waals surface area contributed by atoms with Crippen LogP contribution in [-0.4, -0.2) is 34.0 Å². The number of amides is 1. The van der Waals surface area contributed by atoms with Crippen LogP contribution in [0, 0.1) is 0 Å². The third-order valence-electron chi connectivity index (χ3n) is 6.61. The van der Waals surface area contributed by atoms with Crippen LogP contribution in [0.15, 0.2) is 106 Å². The number of allylic oxidation sites excluding steroid dienone is 1. The largest absolute Gasteiger partial charge is 0.489 e. The number of nitrogens with one attached hydrogen (secondary N) is 1. The topological polar surface area (TPSA) is 93.1 Å². The van der Waals surface area contributed by atoms with Gasteiger partial charge in [-0.25, -0.2) is 9.79 Å². The summed E-state index contributed by atoms with van der Waals surface area (Å²) in [4.78, 5) is 37.0. The van der Waals surface area contributed by atoms with Crippen LogP contribution in [0.25, 0.3) is 0 Å². The smallest absolute Gasteiger partial charge is 0.338 e. The quantitative estimate of drug-likeness (QED) is 0.331. The number of thioether (sulfide) groups is 1. The molecule has 9 heteroatoms. The summed E-state index contributed by atoms with van der Waals surface area (Å²) in [5.74, 6) is 0.0948. The van der Waals surface area contributed by atoms with Gasteiger partial charge in [-0.05, 0) is 46.7 Å². The molecule has 1 atom stereocenters. The number of amidine groups is 1. The van der Waals surface area contributed by atoms with Gasteiger partial charge in [-0.3, -0.25) is 9.78 Å². The van der Waals surface area contributed by atoms with E-state index in [1.165, 1.54) is 18.9 Å². The molecule has 0 spiro atoms. The van der Waals surface area contributed by atoms with E-state index in [-0.39, 0.29) is 12.3 Å². The maximum absolute atomic E-state index is 13.2. The second-order valence-corrected chi connectivity index (χ2v) is 10.1. The molecule has 5 rings (SSSR count). The number of fused-ring (bicyclic) bond motifs is 1. The van der Waals surface area contributed by atoms with Gasteiger partial charge >= 0.3 is 5.97 Å². The lowest BCUT2D eigenvalue weighted by molar-refractivity contribution is -0.136. The molecule has 1 amide bonds. The number of nitrogens with zero attached hydrogens (tertiary/aromatic N) is 3. The summed E-state index contributed by atoms with van der Waals surface area (Å²) in [6.07, 6.45) is 4.11. The van der Waals surface area contributed by atoms with Gasteiger partial charge < -0.3 is 19.7 Å². The SMILES string of the molecule is CCC1=C(C(=O)OC)C(c2cccc(OCc3ccccc3)c2)N2C(CC(=O)NCc3cccnc3)=CSC2=N1. The molecule has 40 heavy (non-hydrogen) atoms. The average Bonchev–Trinajstić information content (AvgIpc) is 3.40. The summed E-state index contributed by atoms with van der Waals surface area (Å²) in [6.45, 7) is 2.77. The van der Waals surface area contributed by atoms with Crippen molar-refractivity contribution in [3.8, 4) is 5.75 Å². The molecule has 1 N–H and O–H groups in total. The highest BCUT2D eigenvalue weighted by Gasteiger charge is 2.41. The fourth-order valence-electron chi connectivity index (χ4n) is 4.67. The van der Waals surface area contributed by atoms with E-state index in [0.29, 0.717) is 36.6 Å². The number of aromatic nitrogens is 1. The lowest BCUT2D eigenvalue weighted by atomic mass is 9.92. The molecule has 3 heterocycles. The Hall–Kier alpha value is -4.37. The van der Waals surface area contributed by atoms with Gasteiger partial charge in [0.1, 0.15) is 12.4 Å². The molecule has 0 aliphatic carbocycles. The van der Waals surface area contributed by atoms with E-state index in [4.69, 9.17) is 14.5 Å². The molecule has 2 aromatic carbocycles. The first-order valence-electron chi connectivity index (χ1n) is 13.0. The number of carbonyl (C=O) groups is 2. The third kappa shape index (κ3) is 6.10. The number of hydrogen-bond donors (Lipinski definition) is 1. The van der Waals surface area contributed by atoms with Crippen LogP contribution in [0.2, 0.25) is 0 Å². The Morgan fingerprint density at radius 2 is 1.88 bits per heavy atom. The van der Waals surface area contributed by atoms with Crippen molar-refractivity contribution in [1.29, 1.82) is 0 Å².